The molecule has 0 aromatic heterocycles. The molecule has 0 spiro atoms. The predicted molar refractivity (Wildman–Crippen MR) is 72.6 cm³/mol. The second-order valence-electron chi connectivity index (χ2n) is 5.17. The number of amides is 1. The molecule has 0 radical (unpaired) electrons. The van der Waals surface area contributed by atoms with Gasteiger partial charge in [0.25, 0.3) is 5.91 Å². The fourth-order valence-electron chi connectivity index (χ4n) is 2.85. The number of ether oxygens (including phenoxy) is 1. The van der Waals surface area contributed by atoms with E-state index in [4.69, 9.17) is 4.74 Å². The average Bonchev–Trinajstić information content (AvgIpc) is 2.94. The molecule has 1 aromatic carbocycles. The smallest absolute Gasteiger partial charge is 0.252 e. The summed E-state index contributed by atoms with van der Waals surface area (Å²) < 4.78 is 6.59. The van der Waals surface area contributed by atoms with Crippen LogP contribution in [0.25, 0.3) is 0 Å². The second kappa shape index (κ2) is 4.67. The van der Waals surface area contributed by atoms with Crippen molar-refractivity contribution in [2.75, 3.05) is 0 Å². The second-order valence-corrected chi connectivity index (χ2v) is 6.03. The van der Waals surface area contributed by atoms with Crippen LogP contribution in [0.1, 0.15) is 35.2 Å². The standard InChI is InChI=1S/C14H16BrNO2/c1-8-2-4-11(15)10(6-8)14(17)16-12-7-9-3-5-13(12)18-9/h2,4,6,9,12-13H,3,5,7H2,1H3,(H,16,17). The third-order valence-corrected chi connectivity index (χ3v) is 4.48. The Morgan fingerprint density at radius 1 is 1.44 bits per heavy atom. The van der Waals surface area contributed by atoms with Crippen molar-refractivity contribution in [3.63, 3.8) is 0 Å². The molecule has 2 fully saturated rings. The first-order chi connectivity index (χ1) is 8.63. The molecule has 2 saturated heterocycles. The maximum absolute atomic E-state index is 12.3. The fraction of sp³-hybridized carbons (Fsp3) is 0.500. The number of nitrogens with one attached hydrogen (secondary N) is 1. The lowest BCUT2D eigenvalue weighted by Gasteiger charge is -2.20. The molecule has 3 rings (SSSR count). The van der Waals surface area contributed by atoms with E-state index in [1.807, 2.05) is 25.1 Å². The van der Waals surface area contributed by atoms with E-state index in [1.165, 1.54) is 0 Å². The Balaban J connectivity index is 1.73. The molecule has 96 valence electrons. The first-order valence-electron chi connectivity index (χ1n) is 6.36. The minimum absolute atomic E-state index is 0.00766. The van der Waals surface area contributed by atoms with E-state index in [9.17, 15) is 4.79 Å². The predicted octanol–water partition coefficient (Wildman–Crippen LogP) is 2.81. The Morgan fingerprint density at radius 3 is 2.94 bits per heavy atom. The minimum atomic E-state index is -0.00766. The quantitative estimate of drug-likeness (QED) is 0.912. The van der Waals surface area contributed by atoms with Crippen LogP contribution >= 0.6 is 15.9 Å². The summed E-state index contributed by atoms with van der Waals surface area (Å²) in [6.07, 6.45) is 3.76. The highest BCUT2D eigenvalue weighted by molar-refractivity contribution is 9.10. The number of fused-ring (bicyclic) bond motifs is 2. The molecular formula is C14H16BrNO2. The molecule has 1 N–H and O–H groups in total. The third-order valence-electron chi connectivity index (χ3n) is 3.79. The zero-order valence-electron chi connectivity index (χ0n) is 10.3. The third kappa shape index (κ3) is 2.19. The van der Waals surface area contributed by atoms with E-state index in [2.05, 4.69) is 21.2 Å². The zero-order chi connectivity index (χ0) is 12.7. The Hall–Kier alpha value is -0.870. The first kappa shape index (κ1) is 12.2. The molecule has 4 heteroatoms. The maximum atomic E-state index is 12.3. The molecule has 3 atom stereocenters. The van der Waals surface area contributed by atoms with Gasteiger partial charge in [0.2, 0.25) is 0 Å². The van der Waals surface area contributed by atoms with Crippen LogP contribution in [0.15, 0.2) is 22.7 Å². The van der Waals surface area contributed by atoms with Crippen molar-refractivity contribution in [3.8, 4) is 0 Å². The van der Waals surface area contributed by atoms with E-state index in [0.717, 1.165) is 29.3 Å². The number of aryl methyl sites for hydroxylation is 1. The van der Waals surface area contributed by atoms with Crippen LogP contribution in [0.4, 0.5) is 0 Å². The van der Waals surface area contributed by atoms with Gasteiger partial charge in [0.15, 0.2) is 0 Å². The van der Waals surface area contributed by atoms with E-state index in [-0.39, 0.29) is 18.1 Å². The van der Waals surface area contributed by atoms with Crippen molar-refractivity contribution in [2.24, 2.45) is 0 Å². The van der Waals surface area contributed by atoms with Crippen molar-refractivity contribution in [3.05, 3.63) is 33.8 Å². The average molecular weight is 310 g/mol. The molecule has 3 unspecified atom stereocenters. The zero-order valence-corrected chi connectivity index (χ0v) is 11.9. The minimum Gasteiger partial charge on any atom is -0.373 e. The van der Waals surface area contributed by atoms with Gasteiger partial charge >= 0.3 is 0 Å². The van der Waals surface area contributed by atoms with E-state index >= 15 is 0 Å². The van der Waals surface area contributed by atoms with E-state index < -0.39 is 0 Å². The summed E-state index contributed by atoms with van der Waals surface area (Å²) in [5.41, 5.74) is 1.80. The van der Waals surface area contributed by atoms with Gasteiger partial charge in [-0.25, -0.2) is 0 Å². The van der Waals surface area contributed by atoms with Crippen molar-refractivity contribution in [2.45, 2.75) is 44.4 Å². The number of halogens is 1. The monoisotopic (exact) mass is 309 g/mol. The van der Waals surface area contributed by atoms with Crippen LogP contribution in [-0.2, 0) is 4.74 Å². The number of rotatable bonds is 2. The van der Waals surface area contributed by atoms with Crippen LogP contribution in [0.5, 0.6) is 0 Å². The van der Waals surface area contributed by atoms with Crippen LogP contribution < -0.4 is 5.32 Å². The molecule has 2 bridgehead atoms. The van der Waals surface area contributed by atoms with Crippen LogP contribution in [-0.4, -0.2) is 24.2 Å². The first-order valence-corrected chi connectivity index (χ1v) is 7.15. The lowest BCUT2D eigenvalue weighted by atomic mass is 9.95. The molecule has 3 nitrogen and oxygen atoms in total. The molecule has 0 saturated carbocycles. The van der Waals surface area contributed by atoms with Gasteiger partial charge in [-0.3, -0.25) is 4.79 Å². The van der Waals surface area contributed by atoms with Gasteiger partial charge in [0.1, 0.15) is 0 Å². The molecule has 2 aliphatic heterocycles. The summed E-state index contributed by atoms with van der Waals surface area (Å²) in [5, 5.41) is 3.10. The maximum Gasteiger partial charge on any atom is 0.252 e. The molecule has 0 aliphatic carbocycles. The van der Waals surface area contributed by atoms with Gasteiger partial charge in [-0.05, 0) is 54.2 Å². The Bertz CT molecular complexity index is 489. The lowest BCUT2D eigenvalue weighted by Crippen LogP contribution is -2.41. The highest BCUT2D eigenvalue weighted by Crippen LogP contribution is 2.34. The topological polar surface area (TPSA) is 38.3 Å². The number of benzene rings is 1. The van der Waals surface area contributed by atoms with Gasteiger partial charge < -0.3 is 10.1 Å². The summed E-state index contributed by atoms with van der Waals surface area (Å²) in [4.78, 5) is 12.3. The highest BCUT2D eigenvalue weighted by Gasteiger charge is 2.41. The van der Waals surface area contributed by atoms with E-state index in [1.54, 1.807) is 0 Å². The van der Waals surface area contributed by atoms with Crippen molar-refractivity contribution in [1.82, 2.24) is 5.32 Å². The van der Waals surface area contributed by atoms with Crippen molar-refractivity contribution < 1.29 is 9.53 Å². The van der Waals surface area contributed by atoms with Gasteiger partial charge in [-0.2, -0.15) is 0 Å². The molecule has 2 heterocycles. The number of hydrogen-bond donors (Lipinski definition) is 1. The number of carbonyl (C=O) groups excluding carboxylic acids is 1. The summed E-state index contributed by atoms with van der Waals surface area (Å²) >= 11 is 3.43. The van der Waals surface area contributed by atoms with E-state index in [0.29, 0.717) is 11.7 Å². The number of hydrogen-bond acceptors (Lipinski definition) is 2. The SMILES string of the molecule is Cc1ccc(Br)c(C(=O)NC2CC3CCC2O3)c1. The van der Waals surface area contributed by atoms with Crippen LogP contribution in [0.3, 0.4) is 0 Å². The fourth-order valence-corrected chi connectivity index (χ4v) is 3.28. The van der Waals surface area contributed by atoms with Crippen molar-refractivity contribution >= 4 is 21.8 Å². The summed E-state index contributed by atoms with van der Waals surface area (Å²) in [7, 11) is 0. The largest absolute Gasteiger partial charge is 0.373 e. The molecular weight excluding hydrogens is 294 g/mol. The van der Waals surface area contributed by atoms with Gasteiger partial charge in [-0.15, -0.1) is 0 Å². The van der Waals surface area contributed by atoms with Crippen molar-refractivity contribution in [1.29, 1.82) is 0 Å². The Morgan fingerprint density at radius 2 is 2.28 bits per heavy atom. The Kier molecular flexibility index (Phi) is 3.16. The van der Waals surface area contributed by atoms with Crippen LogP contribution in [0, 0.1) is 6.92 Å². The highest BCUT2D eigenvalue weighted by atomic mass is 79.9. The molecule has 2 aliphatic rings. The van der Waals surface area contributed by atoms with Crippen LogP contribution in [0.2, 0.25) is 0 Å². The van der Waals surface area contributed by atoms with Gasteiger partial charge in [0.05, 0.1) is 23.8 Å². The lowest BCUT2D eigenvalue weighted by molar-refractivity contribution is 0.0840. The molecule has 1 aromatic rings. The molecule has 18 heavy (non-hydrogen) atoms. The van der Waals surface area contributed by atoms with Gasteiger partial charge in [-0.1, -0.05) is 11.6 Å². The van der Waals surface area contributed by atoms with Gasteiger partial charge in [0, 0.05) is 4.47 Å². The Labute approximate surface area is 115 Å². The molecule has 1 amide bonds. The summed E-state index contributed by atoms with van der Waals surface area (Å²) in [5.74, 6) is -0.00766. The summed E-state index contributed by atoms with van der Waals surface area (Å²) in [6, 6.07) is 6.00. The number of carbonyl (C=O) groups is 1. The summed E-state index contributed by atoms with van der Waals surface area (Å²) in [6.45, 7) is 1.99. The normalized spacial score (nSPS) is 29.6.